The fourth-order valence-corrected chi connectivity index (χ4v) is 8.21. The van der Waals surface area contributed by atoms with Crippen LogP contribution in [0.15, 0.2) is 199 Å². The summed E-state index contributed by atoms with van der Waals surface area (Å²) in [5, 5.41) is 6.90. The summed E-state index contributed by atoms with van der Waals surface area (Å²) >= 11 is 0. The molecular weight excluding hydrogens is 669 g/mol. The molecule has 11 rings (SSSR count). The third kappa shape index (κ3) is 5.20. The molecule has 0 aliphatic heterocycles. The molecule has 0 aliphatic rings. The molecule has 256 valence electrons. The summed E-state index contributed by atoms with van der Waals surface area (Å²) < 4.78 is 6.67. The predicted octanol–water partition coefficient (Wildman–Crippen LogP) is 14.2. The van der Waals surface area contributed by atoms with Gasteiger partial charge in [-0.3, -0.25) is 4.98 Å². The molecule has 3 heteroatoms. The number of aromatic nitrogens is 2. The van der Waals surface area contributed by atoms with Crippen LogP contribution in [0, 0.1) is 0 Å². The van der Waals surface area contributed by atoms with Crippen LogP contribution in [0.3, 0.4) is 0 Å². The standard InChI is InChI=1S/C52H32N2O/c1-2-11-36(12-3-1)40-19-9-21-46-47-22-10-20-41(52(47)55-51(40)46)37-29-27-34(28-30-37)33-23-25-35(26-24-33)38-13-8-14-39(31-38)48-32-53-49-44-17-6-4-15-42(44)43-16-5-7-18-45(43)50(49)54-48/h1-32H. The zero-order valence-electron chi connectivity index (χ0n) is 29.8. The molecule has 0 N–H and O–H groups in total. The third-order valence-corrected chi connectivity index (χ3v) is 10.9. The number of para-hydroxylation sites is 2. The average molecular weight is 701 g/mol. The van der Waals surface area contributed by atoms with Crippen molar-refractivity contribution in [3.8, 4) is 55.8 Å². The van der Waals surface area contributed by atoms with E-state index in [9.17, 15) is 0 Å². The van der Waals surface area contributed by atoms with Crippen molar-refractivity contribution in [1.82, 2.24) is 9.97 Å². The lowest BCUT2D eigenvalue weighted by Gasteiger charge is -2.11. The Morgan fingerprint density at radius 2 is 0.745 bits per heavy atom. The van der Waals surface area contributed by atoms with Gasteiger partial charge in [0.05, 0.1) is 22.9 Å². The van der Waals surface area contributed by atoms with Crippen molar-refractivity contribution >= 4 is 54.5 Å². The van der Waals surface area contributed by atoms with Gasteiger partial charge in [0.1, 0.15) is 11.2 Å². The maximum Gasteiger partial charge on any atom is 0.143 e. The van der Waals surface area contributed by atoms with Gasteiger partial charge in [0.25, 0.3) is 0 Å². The van der Waals surface area contributed by atoms with Crippen molar-refractivity contribution < 1.29 is 4.42 Å². The zero-order valence-corrected chi connectivity index (χ0v) is 29.8. The Kier molecular flexibility index (Phi) is 7.17. The highest BCUT2D eigenvalue weighted by Gasteiger charge is 2.16. The maximum atomic E-state index is 6.67. The first kappa shape index (κ1) is 31.2. The second kappa shape index (κ2) is 12.6. The summed E-state index contributed by atoms with van der Waals surface area (Å²) in [6, 6.07) is 66.5. The van der Waals surface area contributed by atoms with E-state index in [1.807, 2.05) is 12.3 Å². The van der Waals surface area contributed by atoms with Crippen molar-refractivity contribution in [3.63, 3.8) is 0 Å². The Hall–Kier alpha value is -7.36. The van der Waals surface area contributed by atoms with Gasteiger partial charge in [0.2, 0.25) is 0 Å². The number of hydrogen-bond donors (Lipinski definition) is 0. The van der Waals surface area contributed by atoms with Gasteiger partial charge < -0.3 is 4.42 Å². The summed E-state index contributed by atoms with van der Waals surface area (Å²) in [5.41, 5.74) is 14.7. The number of hydrogen-bond acceptors (Lipinski definition) is 3. The molecule has 0 saturated carbocycles. The number of rotatable bonds is 5. The lowest BCUT2D eigenvalue weighted by molar-refractivity contribution is 0.671. The van der Waals surface area contributed by atoms with Crippen molar-refractivity contribution in [3.05, 3.63) is 194 Å². The van der Waals surface area contributed by atoms with E-state index in [-0.39, 0.29) is 0 Å². The van der Waals surface area contributed by atoms with Gasteiger partial charge in [-0.1, -0.05) is 182 Å². The minimum absolute atomic E-state index is 0.862. The van der Waals surface area contributed by atoms with Crippen LogP contribution in [0.5, 0.6) is 0 Å². The van der Waals surface area contributed by atoms with E-state index < -0.39 is 0 Å². The van der Waals surface area contributed by atoms with Crippen LogP contribution in [0.25, 0.3) is 110 Å². The van der Waals surface area contributed by atoms with Gasteiger partial charge in [-0.25, -0.2) is 4.98 Å². The number of nitrogens with zero attached hydrogens (tertiary/aromatic N) is 2. The molecule has 9 aromatic carbocycles. The Morgan fingerprint density at radius 3 is 1.36 bits per heavy atom. The van der Waals surface area contributed by atoms with Crippen molar-refractivity contribution in [2.45, 2.75) is 0 Å². The number of fused-ring (bicyclic) bond motifs is 9. The molecule has 0 radical (unpaired) electrons. The van der Waals surface area contributed by atoms with Crippen molar-refractivity contribution in [2.75, 3.05) is 0 Å². The van der Waals surface area contributed by atoms with E-state index in [0.717, 1.165) is 88.4 Å². The highest BCUT2D eigenvalue weighted by Crippen LogP contribution is 2.40. The maximum absolute atomic E-state index is 6.67. The van der Waals surface area contributed by atoms with Crippen LogP contribution in [0.1, 0.15) is 0 Å². The normalized spacial score (nSPS) is 11.6. The Morgan fingerprint density at radius 1 is 0.309 bits per heavy atom. The SMILES string of the molecule is c1ccc(-c2cccc3c2oc2c(-c4ccc(-c5ccc(-c6cccc(-c7cnc8c9ccccc9c9ccccc9c8n7)c6)cc5)cc4)cccc23)cc1. The molecule has 2 aromatic heterocycles. The molecular formula is C52H32N2O. The van der Waals surface area contributed by atoms with Crippen LogP contribution in [-0.4, -0.2) is 9.97 Å². The van der Waals surface area contributed by atoms with Crippen molar-refractivity contribution in [1.29, 1.82) is 0 Å². The van der Waals surface area contributed by atoms with E-state index in [4.69, 9.17) is 14.4 Å². The molecule has 0 atom stereocenters. The van der Waals surface area contributed by atoms with Gasteiger partial charge in [0, 0.05) is 38.2 Å². The molecule has 0 saturated heterocycles. The lowest BCUT2D eigenvalue weighted by atomic mass is 9.96. The summed E-state index contributed by atoms with van der Waals surface area (Å²) in [5.74, 6) is 0. The molecule has 0 aliphatic carbocycles. The summed E-state index contributed by atoms with van der Waals surface area (Å²) in [6.07, 6.45) is 1.91. The van der Waals surface area contributed by atoms with Crippen LogP contribution in [0.4, 0.5) is 0 Å². The largest absolute Gasteiger partial charge is 0.455 e. The fourth-order valence-electron chi connectivity index (χ4n) is 8.21. The van der Waals surface area contributed by atoms with Gasteiger partial charge in [-0.2, -0.15) is 0 Å². The number of benzene rings is 9. The first-order valence-electron chi connectivity index (χ1n) is 18.6. The molecule has 0 amide bonds. The van der Waals surface area contributed by atoms with Crippen LogP contribution in [-0.2, 0) is 0 Å². The van der Waals surface area contributed by atoms with E-state index in [2.05, 4.69) is 182 Å². The third-order valence-electron chi connectivity index (χ3n) is 10.9. The van der Waals surface area contributed by atoms with Gasteiger partial charge in [-0.15, -0.1) is 0 Å². The minimum atomic E-state index is 0.862. The molecule has 0 spiro atoms. The smallest absolute Gasteiger partial charge is 0.143 e. The van der Waals surface area contributed by atoms with E-state index in [0.29, 0.717) is 0 Å². The van der Waals surface area contributed by atoms with Crippen LogP contribution >= 0.6 is 0 Å². The molecule has 0 unspecified atom stereocenters. The van der Waals surface area contributed by atoms with Gasteiger partial charge >= 0.3 is 0 Å². The average Bonchev–Trinajstić information content (AvgIpc) is 3.66. The molecule has 55 heavy (non-hydrogen) atoms. The number of furan rings is 1. The quantitative estimate of drug-likeness (QED) is 0.168. The Balaban J connectivity index is 0.896. The Labute approximate surface area is 317 Å². The monoisotopic (exact) mass is 700 g/mol. The van der Waals surface area contributed by atoms with Crippen LogP contribution < -0.4 is 0 Å². The molecule has 3 nitrogen and oxygen atoms in total. The Bertz CT molecular complexity index is 3200. The van der Waals surface area contributed by atoms with E-state index >= 15 is 0 Å². The topological polar surface area (TPSA) is 38.9 Å². The highest BCUT2D eigenvalue weighted by molar-refractivity contribution is 6.23. The van der Waals surface area contributed by atoms with Gasteiger partial charge in [0.15, 0.2) is 0 Å². The molecule has 0 fully saturated rings. The second-order valence-corrected chi connectivity index (χ2v) is 14.1. The summed E-state index contributed by atoms with van der Waals surface area (Å²) in [6.45, 7) is 0. The zero-order chi connectivity index (χ0) is 36.3. The van der Waals surface area contributed by atoms with Gasteiger partial charge in [-0.05, 0) is 50.2 Å². The molecule has 0 bridgehead atoms. The van der Waals surface area contributed by atoms with E-state index in [1.54, 1.807) is 0 Å². The lowest BCUT2D eigenvalue weighted by Crippen LogP contribution is -1.92. The second-order valence-electron chi connectivity index (χ2n) is 14.1. The summed E-state index contributed by atoms with van der Waals surface area (Å²) in [4.78, 5) is 10.2. The van der Waals surface area contributed by atoms with Crippen molar-refractivity contribution in [2.24, 2.45) is 0 Å². The fraction of sp³-hybridized carbons (Fsp3) is 0. The first-order valence-corrected chi connectivity index (χ1v) is 18.6. The van der Waals surface area contributed by atoms with E-state index in [1.165, 1.54) is 21.9 Å². The summed E-state index contributed by atoms with van der Waals surface area (Å²) in [7, 11) is 0. The van der Waals surface area contributed by atoms with Crippen LogP contribution in [0.2, 0.25) is 0 Å². The molecule has 11 aromatic rings. The highest BCUT2D eigenvalue weighted by atomic mass is 16.3. The minimum Gasteiger partial charge on any atom is -0.455 e. The first-order chi connectivity index (χ1) is 27.3. The predicted molar refractivity (Wildman–Crippen MR) is 229 cm³/mol. The molecule has 2 heterocycles.